The van der Waals surface area contributed by atoms with Crippen molar-refractivity contribution < 1.29 is 4.79 Å². The van der Waals surface area contributed by atoms with Crippen LogP contribution >= 0.6 is 0 Å². The topological polar surface area (TPSA) is 20.3 Å². The Morgan fingerprint density at radius 2 is 1.50 bits per heavy atom. The Hall–Kier alpha value is -2.35. The molecule has 2 aromatic rings. The first-order chi connectivity index (χ1) is 10.5. The lowest BCUT2D eigenvalue weighted by Crippen LogP contribution is -2.39. The van der Waals surface area contributed by atoms with E-state index in [-0.39, 0.29) is 5.91 Å². The van der Waals surface area contributed by atoms with Crippen LogP contribution in [-0.4, -0.2) is 5.91 Å². The number of carbonyl (C=O) groups is 1. The van der Waals surface area contributed by atoms with Crippen LogP contribution in [0.4, 0.5) is 5.69 Å². The molecule has 2 nitrogen and oxygen atoms in total. The van der Waals surface area contributed by atoms with Gasteiger partial charge < -0.3 is 4.90 Å². The van der Waals surface area contributed by atoms with Crippen molar-refractivity contribution in [2.24, 2.45) is 5.41 Å². The van der Waals surface area contributed by atoms with Crippen LogP contribution in [0.1, 0.15) is 37.5 Å². The predicted molar refractivity (Wildman–Crippen MR) is 92.5 cm³/mol. The van der Waals surface area contributed by atoms with Crippen LogP contribution in [0.3, 0.4) is 0 Å². The fourth-order valence-electron chi connectivity index (χ4n) is 2.74. The smallest absolute Gasteiger partial charge is 0.232 e. The summed E-state index contributed by atoms with van der Waals surface area (Å²) in [5.41, 5.74) is 3.99. The van der Waals surface area contributed by atoms with Gasteiger partial charge in [0, 0.05) is 5.41 Å². The van der Waals surface area contributed by atoms with Crippen molar-refractivity contribution in [1.29, 1.82) is 0 Å². The molecule has 0 N–H and O–H groups in total. The van der Waals surface area contributed by atoms with Crippen LogP contribution < -0.4 is 4.90 Å². The summed E-state index contributed by atoms with van der Waals surface area (Å²) >= 11 is 0. The van der Waals surface area contributed by atoms with E-state index in [9.17, 15) is 4.79 Å². The van der Waals surface area contributed by atoms with E-state index in [1.807, 2.05) is 56.0 Å². The molecule has 0 saturated carbocycles. The Balaban J connectivity index is 2.17. The molecule has 0 fully saturated rings. The van der Waals surface area contributed by atoms with Crippen LogP contribution in [0, 0.1) is 5.41 Å². The van der Waals surface area contributed by atoms with Gasteiger partial charge in [0.1, 0.15) is 0 Å². The van der Waals surface area contributed by atoms with Crippen LogP contribution in [0.15, 0.2) is 48.5 Å². The van der Waals surface area contributed by atoms with Crippen molar-refractivity contribution in [2.45, 2.75) is 27.3 Å². The van der Waals surface area contributed by atoms with E-state index >= 15 is 0 Å². The van der Waals surface area contributed by atoms with Crippen LogP contribution in [0.2, 0.25) is 0 Å². The SMILES string of the molecule is CC(C)(C)C(=O)N1Cc2ccccc2/C=C\c2ccccc21. The van der Waals surface area contributed by atoms with E-state index in [1.54, 1.807) is 0 Å². The zero-order valence-corrected chi connectivity index (χ0v) is 13.3. The Labute approximate surface area is 132 Å². The van der Waals surface area contributed by atoms with E-state index < -0.39 is 5.41 Å². The fraction of sp³-hybridized carbons (Fsp3) is 0.250. The molecule has 0 aromatic heterocycles. The Kier molecular flexibility index (Phi) is 3.61. The average molecular weight is 291 g/mol. The first-order valence-electron chi connectivity index (χ1n) is 7.64. The van der Waals surface area contributed by atoms with Gasteiger partial charge in [-0.15, -0.1) is 0 Å². The summed E-state index contributed by atoms with van der Waals surface area (Å²) in [5.74, 6) is 0.144. The number of hydrogen-bond acceptors (Lipinski definition) is 1. The van der Waals surface area contributed by atoms with Gasteiger partial charge in [-0.1, -0.05) is 75.4 Å². The summed E-state index contributed by atoms with van der Waals surface area (Å²) in [6, 6.07) is 16.3. The van der Waals surface area contributed by atoms with Gasteiger partial charge in [0.15, 0.2) is 0 Å². The second-order valence-corrected chi connectivity index (χ2v) is 6.73. The van der Waals surface area contributed by atoms with Gasteiger partial charge in [0.05, 0.1) is 12.2 Å². The summed E-state index contributed by atoms with van der Waals surface area (Å²) in [6.45, 7) is 6.52. The van der Waals surface area contributed by atoms with Gasteiger partial charge in [0.2, 0.25) is 5.91 Å². The van der Waals surface area contributed by atoms with Crippen molar-refractivity contribution in [1.82, 2.24) is 0 Å². The monoisotopic (exact) mass is 291 g/mol. The van der Waals surface area contributed by atoms with E-state index in [0.29, 0.717) is 6.54 Å². The lowest BCUT2D eigenvalue weighted by molar-refractivity contribution is -0.125. The number of nitrogens with zero attached hydrogens (tertiary/aromatic N) is 1. The summed E-state index contributed by atoms with van der Waals surface area (Å²) in [5, 5.41) is 0. The minimum atomic E-state index is -0.412. The third-order valence-corrected chi connectivity index (χ3v) is 3.94. The molecular formula is C20H21NO. The van der Waals surface area contributed by atoms with E-state index in [0.717, 1.165) is 11.3 Å². The molecule has 0 atom stereocenters. The number of anilines is 1. The first-order valence-corrected chi connectivity index (χ1v) is 7.64. The highest BCUT2D eigenvalue weighted by Crippen LogP contribution is 2.31. The van der Waals surface area contributed by atoms with Crippen molar-refractivity contribution >= 4 is 23.7 Å². The van der Waals surface area contributed by atoms with Crippen molar-refractivity contribution in [3.8, 4) is 0 Å². The normalized spacial score (nSPS) is 15.3. The quantitative estimate of drug-likeness (QED) is 0.686. The largest absolute Gasteiger partial charge is 0.307 e. The third kappa shape index (κ3) is 2.69. The molecule has 2 aromatic carbocycles. The summed E-state index contributed by atoms with van der Waals surface area (Å²) in [4.78, 5) is 14.9. The number of amides is 1. The second kappa shape index (κ2) is 5.45. The highest BCUT2D eigenvalue weighted by molar-refractivity contribution is 5.99. The minimum Gasteiger partial charge on any atom is -0.307 e. The maximum Gasteiger partial charge on any atom is 0.232 e. The Morgan fingerprint density at radius 1 is 0.909 bits per heavy atom. The summed E-state index contributed by atoms with van der Waals surface area (Å²) in [7, 11) is 0. The number of fused-ring (bicyclic) bond motifs is 2. The number of carbonyl (C=O) groups excluding carboxylic acids is 1. The standard InChI is InChI=1S/C20H21NO/c1-20(2,3)19(22)21-14-17-10-5-4-8-15(17)12-13-16-9-6-7-11-18(16)21/h4-13H,14H2,1-3H3/b13-12-. The molecule has 1 heterocycles. The average Bonchev–Trinajstić information content (AvgIpc) is 2.48. The van der Waals surface area contributed by atoms with Gasteiger partial charge in [-0.05, 0) is 22.8 Å². The molecule has 1 amide bonds. The maximum absolute atomic E-state index is 13.0. The molecule has 1 aliphatic heterocycles. The summed E-state index contributed by atoms with van der Waals surface area (Å²) in [6.07, 6.45) is 4.23. The predicted octanol–water partition coefficient (Wildman–Crippen LogP) is 4.75. The highest BCUT2D eigenvalue weighted by atomic mass is 16.2. The number of rotatable bonds is 0. The summed E-state index contributed by atoms with van der Waals surface area (Å²) < 4.78 is 0. The van der Waals surface area contributed by atoms with Crippen LogP contribution in [0.25, 0.3) is 12.2 Å². The minimum absolute atomic E-state index is 0.144. The molecular weight excluding hydrogens is 270 g/mol. The molecule has 0 saturated heterocycles. The molecule has 0 spiro atoms. The molecule has 0 unspecified atom stereocenters. The second-order valence-electron chi connectivity index (χ2n) is 6.73. The van der Waals surface area contributed by atoms with E-state index in [1.165, 1.54) is 11.1 Å². The lowest BCUT2D eigenvalue weighted by atomic mass is 9.92. The number of benzene rings is 2. The molecule has 0 radical (unpaired) electrons. The zero-order valence-electron chi connectivity index (χ0n) is 13.3. The lowest BCUT2D eigenvalue weighted by Gasteiger charge is -2.32. The molecule has 112 valence electrons. The van der Waals surface area contributed by atoms with E-state index in [4.69, 9.17) is 0 Å². The van der Waals surface area contributed by atoms with Gasteiger partial charge in [-0.25, -0.2) is 0 Å². The van der Waals surface area contributed by atoms with Crippen molar-refractivity contribution in [3.05, 3.63) is 65.2 Å². The van der Waals surface area contributed by atoms with Crippen molar-refractivity contribution in [3.63, 3.8) is 0 Å². The van der Waals surface area contributed by atoms with Crippen LogP contribution in [-0.2, 0) is 11.3 Å². The Morgan fingerprint density at radius 3 is 2.23 bits per heavy atom. The maximum atomic E-state index is 13.0. The number of hydrogen-bond donors (Lipinski definition) is 0. The Bertz CT molecular complexity index is 737. The van der Waals surface area contributed by atoms with Crippen molar-refractivity contribution in [2.75, 3.05) is 4.90 Å². The number of para-hydroxylation sites is 1. The molecule has 3 rings (SSSR count). The molecule has 1 aliphatic rings. The van der Waals surface area contributed by atoms with Gasteiger partial charge in [-0.3, -0.25) is 4.79 Å². The van der Waals surface area contributed by atoms with Gasteiger partial charge in [-0.2, -0.15) is 0 Å². The van der Waals surface area contributed by atoms with Crippen LogP contribution in [0.5, 0.6) is 0 Å². The van der Waals surface area contributed by atoms with Gasteiger partial charge >= 0.3 is 0 Å². The molecule has 0 aliphatic carbocycles. The van der Waals surface area contributed by atoms with Gasteiger partial charge in [0.25, 0.3) is 0 Å². The molecule has 0 bridgehead atoms. The highest BCUT2D eigenvalue weighted by Gasteiger charge is 2.30. The first kappa shape index (κ1) is 14.6. The fourth-order valence-corrected chi connectivity index (χ4v) is 2.74. The third-order valence-electron chi connectivity index (χ3n) is 3.94. The molecule has 2 heteroatoms. The molecule has 22 heavy (non-hydrogen) atoms. The van der Waals surface area contributed by atoms with E-state index in [2.05, 4.69) is 30.4 Å². The zero-order chi connectivity index (χ0) is 15.7.